The van der Waals surface area contributed by atoms with E-state index in [-0.39, 0.29) is 72.6 Å². The highest BCUT2D eigenvalue weighted by Crippen LogP contribution is 2.31. The molecule has 12 heteroatoms. The Bertz CT molecular complexity index is 1630. The second kappa shape index (κ2) is 11.0. The maximum atomic E-state index is 15.0. The predicted molar refractivity (Wildman–Crippen MR) is 144 cm³/mol. The maximum absolute atomic E-state index is 15.0. The number of benzene rings is 2. The fourth-order valence-corrected chi connectivity index (χ4v) is 5.35. The van der Waals surface area contributed by atoms with Gasteiger partial charge in [-0.1, -0.05) is 23.4 Å². The number of amides is 3. The number of aromatic nitrogens is 3. The summed E-state index contributed by atoms with van der Waals surface area (Å²) in [4.78, 5) is 63.5. The van der Waals surface area contributed by atoms with E-state index in [1.165, 1.54) is 23.2 Å². The molecule has 41 heavy (non-hydrogen) atoms. The Morgan fingerprint density at radius 1 is 0.878 bits per heavy atom. The molecule has 6 rings (SSSR count). The first-order valence-electron chi connectivity index (χ1n) is 13.5. The molecule has 0 unspecified atom stereocenters. The maximum Gasteiger partial charge on any atom is 0.295 e. The lowest BCUT2D eigenvalue weighted by molar-refractivity contribution is -0.129. The summed E-state index contributed by atoms with van der Waals surface area (Å²) in [7, 11) is 0. The van der Waals surface area contributed by atoms with Crippen molar-refractivity contribution in [3.8, 4) is 11.5 Å². The molecule has 2 saturated heterocycles. The molecule has 0 aliphatic carbocycles. The number of Topliss-reactive ketones (excluding diaryl/α,β-unsaturated/α-hetero) is 1. The first-order chi connectivity index (χ1) is 19.9. The topological polar surface area (TPSA) is 133 Å². The molecular formula is C29H27FN6O5. The van der Waals surface area contributed by atoms with Crippen molar-refractivity contribution in [1.29, 1.82) is 0 Å². The van der Waals surface area contributed by atoms with E-state index in [1.54, 1.807) is 34.1 Å². The van der Waals surface area contributed by atoms with E-state index in [0.717, 1.165) is 12.8 Å². The summed E-state index contributed by atoms with van der Waals surface area (Å²) in [5, 5.41) is 3.84. The van der Waals surface area contributed by atoms with Crippen LogP contribution >= 0.6 is 0 Å². The Hall–Kier alpha value is -4.87. The number of nitrogens with one attached hydrogen (secondary N) is 1. The molecule has 3 amide bonds. The predicted octanol–water partition coefficient (Wildman–Crippen LogP) is 2.69. The first kappa shape index (κ1) is 26.4. The molecule has 2 aromatic heterocycles. The van der Waals surface area contributed by atoms with Gasteiger partial charge >= 0.3 is 0 Å². The Morgan fingerprint density at radius 3 is 2.32 bits per heavy atom. The van der Waals surface area contributed by atoms with Crippen LogP contribution in [0.5, 0.6) is 0 Å². The van der Waals surface area contributed by atoms with Crippen LogP contribution in [0.2, 0.25) is 0 Å². The molecule has 1 N–H and O–H groups in total. The highest BCUT2D eigenvalue weighted by Gasteiger charge is 2.31. The molecule has 4 heterocycles. The van der Waals surface area contributed by atoms with Gasteiger partial charge in [-0.3, -0.25) is 19.2 Å². The number of aromatic amines is 1. The van der Waals surface area contributed by atoms with E-state index in [4.69, 9.17) is 4.52 Å². The number of H-pyrrole nitrogens is 1. The van der Waals surface area contributed by atoms with E-state index in [2.05, 4.69) is 15.1 Å². The highest BCUT2D eigenvalue weighted by molar-refractivity contribution is 6.45. The Balaban J connectivity index is 1.17. The van der Waals surface area contributed by atoms with Gasteiger partial charge in [0.15, 0.2) is 5.82 Å². The number of carbonyl (C=O) groups is 4. The third kappa shape index (κ3) is 5.08. The normalized spacial score (nSPS) is 15.5. The number of likely N-dealkylation sites (tertiary alicyclic amines) is 1. The molecule has 210 valence electrons. The summed E-state index contributed by atoms with van der Waals surface area (Å²) in [5.41, 5.74) is 1.00. The molecule has 11 nitrogen and oxygen atoms in total. The van der Waals surface area contributed by atoms with Crippen molar-refractivity contribution in [3.63, 3.8) is 0 Å². The van der Waals surface area contributed by atoms with E-state index >= 15 is 4.39 Å². The van der Waals surface area contributed by atoms with Crippen molar-refractivity contribution in [1.82, 2.24) is 29.8 Å². The average Bonchev–Trinajstić information content (AvgIpc) is 3.79. The van der Waals surface area contributed by atoms with Gasteiger partial charge in [-0.2, -0.15) is 4.98 Å². The van der Waals surface area contributed by atoms with Crippen LogP contribution in [0, 0.1) is 5.82 Å². The van der Waals surface area contributed by atoms with Crippen molar-refractivity contribution in [2.24, 2.45) is 0 Å². The van der Waals surface area contributed by atoms with Gasteiger partial charge in [-0.05, 0) is 37.1 Å². The van der Waals surface area contributed by atoms with E-state index < -0.39 is 17.5 Å². The van der Waals surface area contributed by atoms with Crippen LogP contribution in [0.4, 0.5) is 4.39 Å². The van der Waals surface area contributed by atoms with Gasteiger partial charge in [-0.15, -0.1) is 0 Å². The SMILES string of the molecule is O=C(C(=O)N1CCN(C(=O)c2ccccc2)CC1)c1c[nH]c2c(-c3nc(CC(=O)N4CCCC4)no3)ccc(F)c12. The standard InChI is InChI=1S/C29H27FN6O5/c30-21-9-8-19(27-32-22(33-41-27)16-23(37)34-10-4-5-11-34)25-24(21)20(17-31-25)26(38)29(40)36-14-12-35(13-15-36)28(39)18-6-2-1-3-7-18/h1-3,6-9,17,31H,4-5,10-16H2. The van der Waals surface area contributed by atoms with Crippen LogP contribution < -0.4 is 0 Å². The summed E-state index contributed by atoms with van der Waals surface area (Å²) >= 11 is 0. The van der Waals surface area contributed by atoms with Crippen molar-refractivity contribution in [2.45, 2.75) is 19.3 Å². The summed E-state index contributed by atoms with van der Waals surface area (Å²) < 4.78 is 20.4. The zero-order valence-corrected chi connectivity index (χ0v) is 22.1. The fourth-order valence-electron chi connectivity index (χ4n) is 5.35. The third-order valence-electron chi connectivity index (χ3n) is 7.56. The van der Waals surface area contributed by atoms with Gasteiger partial charge in [0.2, 0.25) is 5.91 Å². The van der Waals surface area contributed by atoms with E-state index in [0.29, 0.717) is 24.2 Å². The molecule has 0 saturated carbocycles. The molecule has 2 aliphatic heterocycles. The lowest BCUT2D eigenvalue weighted by Gasteiger charge is -2.34. The van der Waals surface area contributed by atoms with E-state index in [9.17, 15) is 19.2 Å². The number of hydrogen-bond acceptors (Lipinski definition) is 7. The van der Waals surface area contributed by atoms with Crippen LogP contribution in [0.3, 0.4) is 0 Å². The molecule has 2 aliphatic rings. The van der Waals surface area contributed by atoms with E-state index in [1.807, 2.05) is 6.07 Å². The third-order valence-corrected chi connectivity index (χ3v) is 7.56. The van der Waals surface area contributed by atoms with Crippen LogP contribution in [-0.2, 0) is 16.0 Å². The first-order valence-corrected chi connectivity index (χ1v) is 13.5. The molecule has 0 spiro atoms. The minimum absolute atomic E-state index is 0.0129. The fraction of sp³-hybridized carbons (Fsp3) is 0.310. The van der Waals surface area contributed by atoms with Crippen LogP contribution in [0.15, 0.2) is 53.2 Å². The lowest BCUT2D eigenvalue weighted by Crippen LogP contribution is -2.52. The van der Waals surface area contributed by atoms with Crippen molar-refractivity contribution in [2.75, 3.05) is 39.3 Å². The van der Waals surface area contributed by atoms with Crippen LogP contribution in [0.25, 0.3) is 22.4 Å². The Morgan fingerprint density at radius 2 is 1.59 bits per heavy atom. The van der Waals surface area contributed by atoms with Gasteiger partial charge in [-0.25, -0.2) is 4.39 Å². The average molecular weight is 559 g/mol. The number of carbonyl (C=O) groups excluding carboxylic acids is 4. The zero-order chi connectivity index (χ0) is 28.5. The number of fused-ring (bicyclic) bond motifs is 1. The smallest absolute Gasteiger partial charge is 0.295 e. The number of piperazine rings is 1. The zero-order valence-electron chi connectivity index (χ0n) is 22.1. The largest absolute Gasteiger partial charge is 0.360 e. The minimum Gasteiger partial charge on any atom is -0.360 e. The highest BCUT2D eigenvalue weighted by atomic mass is 19.1. The van der Waals surface area contributed by atoms with Crippen molar-refractivity contribution >= 4 is 34.4 Å². The Kier molecular flexibility index (Phi) is 7.04. The Labute approximate surface area is 233 Å². The number of nitrogens with zero attached hydrogens (tertiary/aromatic N) is 5. The van der Waals surface area contributed by atoms with Gasteiger partial charge in [0, 0.05) is 56.4 Å². The lowest BCUT2D eigenvalue weighted by atomic mass is 10.0. The molecule has 4 aromatic rings. The second-order valence-electron chi connectivity index (χ2n) is 10.1. The number of hydrogen-bond donors (Lipinski definition) is 1. The quantitative estimate of drug-likeness (QED) is 0.284. The van der Waals surface area contributed by atoms with Crippen LogP contribution in [-0.4, -0.2) is 92.6 Å². The van der Waals surface area contributed by atoms with Gasteiger partial charge < -0.3 is 24.2 Å². The van der Waals surface area contributed by atoms with Crippen molar-refractivity contribution in [3.05, 3.63) is 71.4 Å². The summed E-state index contributed by atoms with van der Waals surface area (Å²) in [6.07, 6.45) is 3.22. The minimum atomic E-state index is -0.863. The molecule has 2 aromatic carbocycles. The summed E-state index contributed by atoms with van der Waals surface area (Å²) in [6, 6.07) is 11.5. The number of rotatable bonds is 6. The van der Waals surface area contributed by atoms with Crippen LogP contribution in [0.1, 0.15) is 39.4 Å². The second-order valence-corrected chi connectivity index (χ2v) is 10.1. The number of halogens is 1. The molecule has 2 fully saturated rings. The monoisotopic (exact) mass is 558 g/mol. The molecule has 0 radical (unpaired) electrons. The number of ketones is 1. The molecular weight excluding hydrogens is 531 g/mol. The van der Waals surface area contributed by atoms with Gasteiger partial charge in [0.1, 0.15) is 5.82 Å². The molecule has 0 bridgehead atoms. The van der Waals surface area contributed by atoms with Gasteiger partial charge in [0.05, 0.1) is 23.1 Å². The summed E-state index contributed by atoms with van der Waals surface area (Å²) in [5.74, 6) is -2.29. The van der Waals surface area contributed by atoms with Gasteiger partial charge in [0.25, 0.3) is 23.5 Å². The van der Waals surface area contributed by atoms with Crippen molar-refractivity contribution < 1.29 is 28.1 Å². The molecule has 0 atom stereocenters. The summed E-state index contributed by atoms with van der Waals surface area (Å²) in [6.45, 7) is 2.33.